The lowest BCUT2D eigenvalue weighted by Gasteiger charge is -2.23. The number of hydrogen-bond acceptors (Lipinski definition) is 6. The minimum atomic E-state index is -4.82. The summed E-state index contributed by atoms with van der Waals surface area (Å²) in [6.45, 7) is 1.84. The van der Waals surface area contributed by atoms with Gasteiger partial charge in [-0.2, -0.15) is 0 Å². The number of ether oxygens (including phenoxy) is 1. The van der Waals surface area contributed by atoms with Crippen molar-refractivity contribution in [1.82, 2.24) is 9.97 Å². The molecule has 2 heterocycles. The first-order valence-electron chi connectivity index (χ1n) is 9.69. The Morgan fingerprint density at radius 2 is 1.88 bits per heavy atom. The number of pyridine rings is 2. The van der Waals surface area contributed by atoms with Gasteiger partial charge in [-0.05, 0) is 43.3 Å². The highest BCUT2D eigenvalue weighted by Gasteiger charge is 2.31. The van der Waals surface area contributed by atoms with Crippen molar-refractivity contribution in [2.45, 2.75) is 19.4 Å². The van der Waals surface area contributed by atoms with Gasteiger partial charge in [0, 0.05) is 42.8 Å². The van der Waals surface area contributed by atoms with E-state index in [1.54, 1.807) is 18.9 Å². The standard InChI is InChI=1S/C22H20F4N4O3/c1-13(31)12-30(2)20-19(14-7-16(23)11-27-9-14)8-15(10-28-20)21(32)29-17-3-5-18(6-4-17)33-22(24,25)26/h3-11,13,31H,12H2,1-2H3,(H,29,32). The predicted molar refractivity (Wildman–Crippen MR) is 113 cm³/mol. The Labute approximate surface area is 186 Å². The minimum absolute atomic E-state index is 0.124. The Bertz CT molecular complexity index is 1120. The van der Waals surface area contributed by atoms with Gasteiger partial charge >= 0.3 is 6.36 Å². The van der Waals surface area contributed by atoms with Gasteiger partial charge in [0.1, 0.15) is 17.4 Å². The molecule has 0 saturated heterocycles. The van der Waals surface area contributed by atoms with Gasteiger partial charge in [-0.1, -0.05) is 0 Å². The van der Waals surface area contributed by atoms with Crippen LogP contribution in [0.25, 0.3) is 11.1 Å². The number of aliphatic hydroxyl groups is 1. The zero-order valence-corrected chi connectivity index (χ0v) is 17.6. The molecule has 7 nitrogen and oxygen atoms in total. The number of carbonyl (C=O) groups excluding carboxylic acids is 1. The van der Waals surface area contributed by atoms with Crippen molar-refractivity contribution in [3.05, 3.63) is 66.4 Å². The first-order chi connectivity index (χ1) is 15.5. The molecule has 11 heteroatoms. The minimum Gasteiger partial charge on any atom is -0.406 e. The van der Waals surface area contributed by atoms with Crippen LogP contribution in [0.2, 0.25) is 0 Å². The smallest absolute Gasteiger partial charge is 0.406 e. The Hall–Kier alpha value is -3.73. The molecule has 0 fully saturated rings. The van der Waals surface area contributed by atoms with Crippen molar-refractivity contribution in [1.29, 1.82) is 0 Å². The van der Waals surface area contributed by atoms with Gasteiger partial charge in [-0.25, -0.2) is 9.37 Å². The Morgan fingerprint density at radius 1 is 1.18 bits per heavy atom. The van der Waals surface area contributed by atoms with E-state index in [0.29, 0.717) is 16.9 Å². The SMILES string of the molecule is CC(O)CN(C)c1ncc(C(=O)Nc2ccc(OC(F)(F)F)cc2)cc1-c1cncc(F)c1. The molecular formula is C22H20F4N4O3. The van der Waals surface area contributed by atoms with E-state index >= 15 is 0 Å². The first kappa shape index (κ1) is 23.9. The van der Waals surface area contributed by atoms with Gasteiger partial charge < -0.3 is 20.1 Å². The summed E-state index contributed by atoms with van der Waals surface area (Å²) in [4.78, 5) is 22.5. The zero-order valence-electron chi connectivity index (χ0n) is 17.6. The van der Waals surface area contributed by atoms with E-state index < -0.39 is 29.9 Å². The third kappa shape index (κ3) is 6.62. The number of nitrogens with one attached hydrogen (secondary N) is 1. The van der Waals surface area contributed by atoms with E-state index in [9.17, 15) is 27.5 Å². The molecule has 0 radical (unpaired) electrons. The summed E-state index contributed by atoms with van der Waals surface area (Å²) in [5.41, 5.74) is 1.14. The molecule has 1 unspecified atom stereocenters. The fourth-order valence-corrected chi connectivity index (χ4v) is 3.08. The molecule has 1 atom stereocenters. The number of carbonyl (C=O) groups is 1. The summed E-state index contributed by atoms with van der Waals surface area (Å²) in [6.07, 6.45) is -1.72. The van der Waals surface area contributed by atoms with Crippen LogP contribution in [0.3, 0.4) is 0 Å². The Morgan fingerprint density at radius 3 is 2.48 bits per heavy atom. The van der Waals surface area contributed by atoms with Gasteiger partial charge in [0.05, 0.1) is 17.9 Å². The fraction of sp³-hybridized carbons (Fsp3) is 0.227. The second-order valence-electron chi connectivity index (χ2n) is 7.24. The number of rotatable bonds is 7. The average molecular weight is 464 g/mol. The van der Waals surface area contributed by atoms with Gasteiger partial charge in [0.2, 0.25) is 0 Å². The molecule has 0 aliphatic rings. The maximum atomic E-state index is 13.8. The second-order valence-corrected chi connectivity index (χ2v) is 7.24. The fourth-order valence-electron chi connectivity index (χ4n) is 3.08. The summed E-state index contributed by atoms with van der Waals surface area (Å²) >= 11 is 0. The van der Waals surface area contributed by atoms with Gasteiger partial charge in [0.25, 0.3) is 5.91 Å². The topological polar surface area (TPSA) is 87.6 Å². The molecule has 3 aromatic rings. The summed E-state index contributed by atoms with van der Waals surface area (Å²) in [6, 6.07) is 7.39. The zero-order chi connectivity index (χ0) is 24.2. The third-order valence-electron chi connectivity index (χ3n) is 4.39. The predicted octanol–water partition coefficient (Wildman–Crippen LogP) is 4.25. The Balaban J connectivity index is 1.88. The van der Waals surface area contributed by atoms with Crippen molar-refractivity contribution in [3.63, 3.8) is 0 Å². The molecule has 2 aromatic heterocycles. The molecule has 0 saturated carbocycles. The number of aromatic nitrogens is 2. The number of nitrogens with zero attached hydrogens (tertiary/aromatic N) is 3. The van der Waals surface area contributed by atoms with Crippen molar-refractivity contribution < 1.29 is 32.2 Å². The molecule has 1 amide bonds. The summed E-state index contributed by atoms with van der Waals surface area (Å²) < 4.78 is 54.5. The van der Waals surface area contributed by atoms with Crippen molar-refractivity contribution in [2.24, 2.45) is 0 Å². The van der Waals surface area contributed by atoms with E-state index in [-0.39, 0.29) is 17.8 Å². The molecule has 174 valence electrons. The monoisotopic (exact) mass is 464 g/mol. The number of likely N-dealkylation sites (N-methyl/N-ethyl adjacent to an activating group) is 1. The second kappa shape index (κ2) is 9.82. The number of benzene rings is 1. The van der Waals surface area contributed by atoms with E-state index in [4.69, 9.17) is 0 Å². The lowest BCUT2D eigenvalue weighted by Crippen LogP contribution is -2.28. The highest BCUT2D eigenvalue weighted by molar-refractivity contribution is 6.05. The molecule has 0 aliphatic heterocycles. The molecule has 0 spiro atoms. The first-order valence-corrected chi connectivity index (χ1v) is 9.69. The maximum Gasteiger partial charge on any atom is 0.573 e. The van der Waals surface area contributed by atoms with Gasteiger partial charge in [-0.15, -0.1) is 13.2 Å². The molecule has 3 rings (SSSR count). The molecule has 0 bridgehead atoms. The van der Waals surface area contributed by atoms with Gasteiger partial charge in [0.15, 0.2) is 0 Å². The summed E-state index contributed by atoms with van der Waals surface area (Å²) in [5, 5.41) is 12.3. The lowest BCUT2D eigenvalue weighted by molar-refractivity contribution is -0.274. The molecule has 1 aromatic carbocycles. The average Bonchev–Trinajstić information content (AvgIpc) is 2.73. The number of alkyl halides is 3. The molecule has 0 aliphatic carbocycles. The van der Waals surface area contributed by atoms with Crippen LogP contribution in [0, 0.1) is 5.82 Å². The van der Waals surface area contributed by atoms with Crippen LogP contribution in [0.5, 0.6) is 5.75 Å². The number of anilines is 2. The largest absolute Gasteiger partial charge is 0.573 e. The maximum absolute atomic E-state index is 13.8. The number of aliphatic hydroxyl groups excluding tert-OH is 1. The summed E-state index contributed by atoms with van der Waals surface area (Å²) in [7, 11) is 1.69. The number of hydrogen-bond donors (Lipinski definition) is 2. The Kier molecular flexibility index (Phi) is 7.12. The van der Waals surface area contributed by atoms with Gasteiger partial charge in [-0.3, -0.25) is 9.78 Å². The van der Waals surface area contributed by atoms with E-state index in [1.807, 2.05) is 0 Å². The van der Waals surface area contributed by atoms with Crippen LogP contribution in [0.1, 0.15) is 17.3 Å². The van der Waals surface area contributed by atoms with Crippen LogP contribution < -0.4 is 15.0 Å². The van der Waals surface area contributed by atoms with Crippen LogP contribution in [-0.2, 0) is 0 Å². The summed E-state index contributed by atoms with van der Waals surface area (Å²) in [5.74, 6) is -1.18. The highest BCUT2D eigenvalue weighted by Crippen LogP contribution is 2.30. The third-order valence-corrected chi connectivity index (χ3v) is 4.39. The van der Waals surface area contributed by atoms with Crippen LogP contribution in [0.15, 0.2) is 55.0 Å². The van der Waals surface area contributed by atoms with Crippen molar-refractivity contribution in [2.75, 3.05) is 23.8 Å². The molecule has 2 N–H and O–H groups in total. The number of amides is 1. The normalized spacial score (nSPS) is 12.2. The van der Waals surface area contributed by atoms with Crippen LogP contribution in [0.4, 0.5) is 29.1 Å². The van der Waals surface area contributed by atoms with Crippen molar-refractivity contribution in [3.8, 4) is 16.9 Å². The number of halogens is 4. The lowest BCUT2D eigenvalue weighted by atomic mass is 10.1. The van der Waals surface area contributed by atoms with E-state index in [0.717, 1.165) is 18.3 Å². The van der Waals surface area contributed by atoms with E-state index in [1.165, 1.54) is 36.7 Å². The highest BCUT2D eigenvalue weighted by atomic mass is 19.4. The van der Waals surface area contributed by atoms with Crippen molar-refractivity contribution >= 4 is 17.4 Å². The molecule has 33 heavy (non-hydrogen) atoms. The van der Waals surface area contributed by atoms with E-state index in [2.05, 4.69) is 20.0 Å². The van der Waals surface area contributed by atoms with Crippen LogP contribution >= 0.6 is 0 Å². The molecular weight excluding hydrogens is 444 g/mol. The quantitative estimate of drug-likeness (QED) is 0.509. The van der Waals surface area contributed by atoms with Crippen LogP contribution in [-0.4, -0.2) is 47.0 Å².